The average molecular weight is 458 g/mol. The van der Waals surface area contributed by atoms with Crippen molar-refractivity contribution in [1.82, 2.24) is 14.5 Å². The van der Waals surface area contributed by atoms with E-state index in [-0.39, 0.29) is 23.2 Å². The molecule has 2 aliphatic carbocycles. The molecule has 2 aromatic heterocycles. The molecule has 2 aliphatic rings. The summed E-state index contributed by atoms with van der Waals surface area (Å²) < 4.78 is 44.4. The summed E-state index contributed by atoms with van der Waals surface area (Å²) in [6, 6.07) is 5.21. The van der Waals surface area contributed by atoms with Gasteiger partial charge in [0.05, 0.1) is 16.5 Å². The molecule has 0 radical (unpaired) electrons. The first-order valence-corrected chi connectivity index (χ1v) is 11.1. The minimum absolute atomic E-state index is 0.0198. The van der Waals surface area contributed by atoms with Crippen molar-refractivity contribution in [3.63, 3.8) is 0 Å². The van der Waals surface area contributed by atoms with E-state index in [1.54, 1.807) is 13.1 Å². The quantitative estimate of drug-likeness (QED) is 0.578. The molecule has 2 N–H and O–H groups in total. The number of pyridine rings is 1. The second-order valence-corrected chi connectivity index (χ2v) is 9.27. The summed E-state index contributed by atoms with van der Waals surface area (Å²) in [4.78, 5) is 21.8. The zero-order valence-corrected chi connectivity index (χ0v) is 18.2. The maximum Gasteiger partial charge on any atom is 0.298 e. The van der Waals surface area contributed by atoms with Crippen LogP contribution < -0.4 is 10.9 Å². The number of benzene rings is 1. The molecule has 1 aromatic carbocycles. The number of aliphatic hydroxyl groups is 1. The van der Waals surface area contributed by atoms with Gasteiger partial charge in [0.1, 0.15) is 24.1 Å². The number of hydrogen-bond acceptors (Lipinski definition) is 5. The van der Waals surface area contributed by atoms with Gasteiger partial charge in [0, 0.05) is 29.9 Å². The van der Waals surface area contributed by atoms with E-state index in [9.17, 15) is 18.0 Å². The maximum atomic E-state index is 14.8. The predicted molar refractivity (Wildman–Crippen MR) is 118 cm³/mol. The van der Waals surface area contributed by atoms with E-state index in [2.05, 4.69) is 15.3 Å². The van der Waals surface area contributed by atoms with Crippen molar-refractivity contribution in [2.75, 3.05) is 11.9 Å². The van der Waals surface area contributed by atoms with Crippen LogP contribution in [0.4, 0.5) is 19.0 Å². The summed E-state index contributed by atoms with van der Waals surface area (Å²) in [5.74, 6) is -3.24. The van der Waals surface area contributed by atoms with Crippen LogP contribution in [0.3, 0.4) is 0 Å². The number of aromatic nitrogens is 3. The van der Waals surface area contributed by atoms with Crippen LogP contribution in [0, 0.1) is 18.7 Å². The molecule has 5 rings (SSSR count). The first-order chi connectivity index (χ1) is 15.7. The SMILES string of the molecule is Cc1nc(NCc2cccc(C(F)(F)CO)c2F)c2cn(C34CCC(CC3)C4)c(=O)cc2n1. The number of rotatable bonds is 6. The van der Waals surface area contributed by atoms with E-state index >= 15 is 0 Å². The lowest BCUT2D eigenvalue weighted by molar-refractivity contribution is -0.0583. The Morgan fingerprint density at radius 1 is 1.27 bits per heavy atom. The van der Waals surface area contributed by atoms with Crippen LogP contribution in [0.15, 0.2) is 35.3 Å². The molecule has 174 valence electrons. The highest BCUT2D eigenvalue weighted by atomic mass is 19.3. The van der Waals surface area contributed by atoms with Crippen molar-refractivity contribution in [2.45, 2.75) is 57.0 Å². The number of hydrogen-bond donors (Lipinski definition) is 2. The van der Waals surface area contributed by atoms with E-state index in [0.29, 0.717) is 28.5 Å². The Morgan fingerprint density at radius 2 is 2.03 bits per heavy atom. The molecule has 0 unspecified atom stereocenters. The third-order valence-corrected chi connectivity index (χ3v) is 7.18. The fourth-order valence-corrected chi connectivity index (χ4v) is 5.49. The van der Waals surface area contributed by atoms with Crippen LogP contribution in [-0.2, 0) is 18.0 Å². The number of nitrogens with zero attached hydrogens (tertiary/aromatic N) is 3. The van der Waals surface area contributed by atoms with Gasteiger partial charge in [-0.1, -0.05) is 12.1 Å². The van der Waals surface area contributed by atoms with Gasteiger partial charge in [-0.25, -0.2) is 14.4 Å². The first kappa shape index (κ1) is 21.9. The van der Waals surface area contributed by atoms with Crippen molar-refractivity contribution in [3.8, 4) is 0 Å². The van der Waals surface area contributed by atoms with Crippen molar-refractivity contribution in [1.29, 1.82) is 0 Å². The van der Waals surface area contributed by atoms with Gasteiger partial charge in [0.15, 0.2) is 0 Å². The van der Waals surface area contributed by atoms with Crippen LogP contribution in [0.25, 0.3) is 10.9 Å². The number of aryl methyl sites for hydroxylation is 1. The van der Waals surface area contributed by atoms with Gasteiger partial charge in [-0.15, -0.1) is 0 Å². The molecule has 0 atom stereocenters. The van der Waals surface area contributed by atoms with Crippen LogP contribution >= 0.6 is 0 Å². The zero-order valence-electron chi connectivity index (χ0n) is 18.2. The first-order valence-electron chi connectivity index (χ1n) is 11.1. The molecule has 6 nitrogen and oxygen atoms in total. The number of anilines is 1. The zero-order chi connectivity index (χ0) is 23.4. The fraction of sp³-hybridized carbons (Fsp3) is 0.458. The highest BCUT2D eigenvalue weighted by molar-refractivity contribution is 5.88. The molecule has 2 bridgehead atoms. The largest absolute Gasteiger partial charge is 0.390 e. The molecular weight excluding hydrogens is 433 g/mol. The van der Waals surface area contributed by atoms with E-state index in [1.807, 2.05) is 4.57 Å². The number of nitrogens with one attached hydrogen (secondary N) is 1. The Morgan fingerprint density at radius 3 is 2.70 bits per heavy atom. The summed E-state index contributed by atoms with van der Waals surface area (Å²) in [6.45, 7) is 0.117. The smallest absolute Gasteiger partial charge is 0.298 e. The number of halogens is 3. The summed E-state index contributed by atoms with van der Waals surface area (Å²) in [5, 5.41) is 12.6. The Balaban J connectivity index is 1.52. The molecule has 2 saturated carbocycles. The predicted octanol–water partition coefficient (Wildman–Crippen LogP) is 4.22. The fourth-order valence-electron chi connectivity index (χ4n) is 5.49. The van der Waals surface area contributed by atoms with E-state index in [1.165, 1.54) is 18.2 Å². The van der Waals surface area contributed by atoms with Crippen molar-refractivity contribution in [3.05, 3.63) is 63.6 Å². The minimum Gasteiger partial charge on any atom is -0.390 e. The molecule has 0 saturated heterocycles. The summed E-state index contributed by atoms with van der Waals surface area (Å²) >= 11 is 0. The monoisotopic (exact) mass is 458 g/mol. The lowest BCUT2D eigenvalue weighted by Gasteiger charge is -2.29. The third kappa shape index (κ3) is 3.68. The molecule has 3 aromatic rings. The molecular formula is C24H25F3N4O2. The average Bonchev–Trinajstić information content (AvgIpc) is 3.39. The lowest BCUT2D eigenvalue weighted by atomic mass is 9.93. The van der Waals surface area contributed by atoms with Gasteiger partial charge in [-0.2, -0.15) is 8.78 Å². The molecule has 2 heterocycles. The van der Waals surface area contributed by atoms with E-state index < -0.39 is 23.9 Å². The van der Waals surface area contributed by atoms with Gasteiger partial charge in [0.2, 0.25) is 0 Å². The van der Waals surface area contributed by atoms with Crippen molar-refractivity contribution < 1.29 is 18.3 Å². The highest BCUT2D eigenvalue weighted by Crippen LogP contribution is 2.52. The lowest BCUT2D eigenvalue weighted by Crippen LogP contribution is -2.37. The molecule has 0 aliphatic heterocycles. The molecule has 2 fully saturated rings. The Hall–Kier alpha value is -2.94. The summed E-state index contributed by atoms with van der Waals surface area (Å²) in [7, 11) is 0. The maximum absolute atomic E-state index is 14.8. The number of alkyl halides is 2. The van der Waals surface area contributed by atoms with Gasteiger partial charge in [-0.05, 0) is 51.0 Å². The van der Waals surface area contributed by atoms with Gasteiger partial charge in [-0.3, -0.25) is 4.79 Å². The Labute approximate surface area is 188 Å². The summed E-state index contributed by atoms with van der Waals surface area (Å²) in [5.41, 5.74) is -0.617. The van der Waals surface area contributed by atoms with Crippen molar-refractivity contribution in [2.24, 2.45) is 5.92 Å². The van der Waals surface area contributed by atoms with Crippen LogP contribution in [0.2, 0.25) is 0 Å². The normalized spacial score (nSPS) is 22.3. The van der Waals surface area contributed by atoms with Crippen LogP contribution in [-0.4, -0.2) is 26.2 Å². The molecule has 9 heteroatoms. The Bertz CT molecular complexity index is 1280. The van der Waals surface area contributed by atoms with Crippen molar-refractivity contribution >= 4 is 16.7 Å². The second-order valence-electron chi connectivity index (χ2n) is 9.27. The van der Waals surface area contributed by atoms with Crippen LogP contribution in [0.1, 0.15) is 49.1 Å². The van der Waals surface area contributed by atoms with Gasteiger partial charge < -0.3 is 15.0 Å². The highest BCUT2D eigenvalue weighted by Gasteiger charge is 2.46. The molecule has 0 amide bonds. The minimum atomic E-state index is -3.67. The van der Waals surface area contributed by atoms with Gasteiger partial charge in [0.25, 0.3) is 11.5 Å². The Kier molecular flexibility index (Phi) is 5.19. The molecule has 0 spiro atoms. The standard InChI is InChI=1S/C24H25F3N4O2/c1-14-29-19-9-20(33)31(23-7-5-15(10-23)6-8-23)12-17(19)22(30-14)28-11-16-3-2-4-18(21(16)25)24(26,27)13-32/h2-4,9,12,15,32H,5-8,10-11,13H2,1H3,(H,28,29,30). The molecule has 33 heavy (non-hydrogen) atoms. The summed E-state index contributed by atoms with van der Waals surface area (Å²) in [6.07, 6.45) is 6.96. The second kappa shape index (κ2) is 7.83. The van der Waals surface area contributed by atoms with Gasteiger partial charge >= 0.3 is 0 Å². The number of fused-ring (bicyclic) bond motifs is 3. The number of aliphatic hydroxyl groups excluding tert-OH is 1. The van der Waals surface area contributed by atoms with E-state index in [4.69, 9.17) is 5.11 Å². The topological polar surface area (TPSA) is 80.0 Å². The van der Waals surface area contributed by atoms with Crippen LogP contribution in [0.5, 0.6) is 0 Å². The third-order valence-electron chi connectivity index (χ3n) is 7.18. The van der Waals surface area contributed by atoms with E-state index in [0.717, 1.165) is 38.2 Å².